The highest BCUT2D eigenvalue weighted by atomic mass is 16.6. The van der Waals surface area contributed by atoms with Gasteiger partial charge in [0.25, 0.3) is 0 Å². The number of hydrogen-bond donors (Lipinski definition) is 0. The Hall–Kier alpha value is -2.57. The number of carbonyl (C=O) groups excluding carboxylic acids is 3. The van der Waals surface area contributed by atoms with Crippen molar-refractivity contribution in [2.45, 2.75) is 84.4 Å². The van der Waals surface area contributed by atoms with Gasteiger partial charge in [-0.2, -0.15) is 0 Å². The Balaban J connectivity index is 2.33. The Morgan fingerprint density at radius 1 is 1.16 bits per heavy atom. The third-order valence-corrected chi connectivity index (χ3v) is 5.39. The van der Waals surface area contributed by atoms with E-state index in [0.29, 0.717) is 38.6 Å². The molecule has 2 atom stereocenters. The van der Waals surface area contributed by atoms with Crippen molar-refractivity contribution in [2.75, 3.05) is 18.6 Å². The number of esters is 1. The molecule has 2 rings (SSSR count). The molecule has 1 aliphatic heterocycles. The SMILES string of the molecule is CCC(=O)N1c2ccccc2[C@H](N(CCCCC(=O)OC)C(=O)OC(C)(C)C)C[C@@H]1C. The van der Waals surface area contributed by atoms with Crippen LogP contribution in [0.4, 0.5) is 10.5 Å². The first-order chi connectivity index (χ1) is 14.6. The van der Waals surface area contributed by atoms with E-state index in [4.69, 9.17) is 9.47 Å². The fourth-order valence-electron chi connectivity index (χ4n) is 3.98. The van der Waals surface area contributed by atoms with Crippen molar-refractivity contribution in [3.8, 4) is 0 Å². The highest BCUT2D eigenvalue weighted by Crippen LogP contribution is 2.41. The minimum absolute atomic E-state index is 0.0487. The molecule has 1 aromatic rings. The maximum Gasteiger partial charge on any atom is 0.410 e. The number of rotatable bonds is 7. The molecule has 0 N–H and O–H groups in total. The standard InChI is InChI=1S/C24H36N2O5/c1-7-21(27)26-17(2)16-20(18-12-8-9-13-19(18)26)25(23(29)31-24(3,4)5)15-11-10-14-22(28)30-6/h8-9,12-13,17,20H,7,10-11,14-16H2,1-6H3/t17-,20+/m0/s1. The van der Waals surface area contributed by atoms with Gasteiger partial charge in [0.2, 0.25) is 5.91 Å². The van der Waals surface area contributed by atoms with Gasteiger partial charge in [-0.05, 0) is 58.6 Å². The van der Waals surface area contributed by atoms with Crippen LogP contribution in [0.15, 0.2) is 24.3 Å². The number of benzene rings is 1. The number of anilines is 1. The fraction of sp³-hybridized carbons (Fsp3) is 0.625. The molecule has 7 heteroatoms. The van der Waals surface area contributed by atoms with Crippen LogP contribution in [0.5, 0.6) is 0 Å². The van der Waals surface area contributed by atoms with Crippen LogP contribution in [-0.4, -0.2) is 48.2 Å². The molecular formula is C24H36N2O5. The molecule has 0 unspecified atom stereocenters. The van der Waals surface area contributed by atoms with E-state index < -0.39 is 5.60 Å². The van der Waals surface area contributed by atoms with E-state index >= 15 is 0 Å². The van der Waals surface area contributed by atoms with Crippen molar-refractivity contribution in [1.82, 2.24) is 4.90 Å². The fourth-order valence-corrected chi connectivity index (χ4v) is 3.98. The zero-order valence-corrected chi connectivity index (χ0v) is 19.6. The molecular weight excluding hydrogens is 396 g/mol. The first kappa shape index (κ1) is 24.7. The predicted octanol–water partition coefficient (Wildman–Crippen LogP) is 4.84. The molecule has 0 saturated heterocycles. The van der Waals surface area contributed by atoms with Crippen LogP contribution >= 0.6 is 0 Å². The highest BCUT2D eigenvalue weighted by molar-refractivity contribution is 5.95. The number of amides is 2. The molecule has 7 nitrogen and oxygen atoms in total. The number of carbonyl (C=O) groups is 3. The number of ether oxygens (including phenoxy) is 2. The van der Waals surface area contributed by atoms with Gasteiger partial charge < -0.3 is 19.3 Å². The molecule has 0 bridgehead atoms. The molecule has 1 aromatic carbocycles. The largest absolute Gasteiger partial charge is 0.469 e. The number of hydrogen-bond acceptors (Lipinski definition) is 5. The van der Waals surface area contributed by atoms with Gasteiger partial charge in [0.05, 0.1) is 13.2 Å². The first-order valence-electron chi connectivity index (χ1n) is 11.1. The normalized spacial score (nSPS) is 18.2. The molecule has 172 valence electrons. The molecule has 1 heterocycles. The summed E-state index contributed by atoms with van der Waals surface area (Å²) in [6, 6.07) is 7.51. The van der Waals surface area contributed by atoms with Crippen LogP contribution in [0.25, 0.3) is 0 Å². The predicted molar refractivity (Wildman–Crippen MR) is 120 cm³/mol. The second-order valence-corrected chi connectivity index (χ2v) is 8.98. The zero-order chi connectivity index (χ0) is 23.2. The van der Waals surface area contributed by atoms with Crippen LogP contribution in [0, 0.1) is 0 Å². The summed E-state index contributed by atoms with van der Waals surface area (Å²) in [5.41, 5.74) is 1.17. The van der Waals surface area contributed by atoms with Gasteiger partial charge in [-0.15, -0.1) is 0 Å². The molecule has 2 amide bonds. The summed E-state index contributed by atoms with van der Waals surface area (Å²) in [6.07, 6.45) is 2.25. The van der Waals surface area contributed by atoms with Crippen molar-refractivity contribution < 1.29 is 23.9 Å². The number of para-hydroxylation sites is 1. The van der Waals surface area contributed by atoms with Crippen molar-refractivity contribution in [3.05, 3.63) is 29.8 Å². The van der Waals surface area contributed by atoms with E-state index in [1.54, 1.807) is 4.90 Å². The van der Waals surface area contributed by atoms with Gasteiger partial charge in [-0.25, -0.2) is 4.79 Å². The van der Waals surface area contributed by atoms with E-state index in [0.717, 1.165) is 11.3 Å². The van der Waals surface area contributed by atoms with Crippen LogP contribution in [-0.2, 0) is 19.1 Å². The molecule has 0 spiro atoms. The monoisotopic (exact) mass is 432 g/mol. The van der Waals surface area contributed by atoms with Crippen molar-refractivity contribution >= 4 is 23.7 Å². The lowest BCUT2D eigenvalue weighted by Crippen LogP contribution is -2.48. The summed E-state index contributed by atoms with van der Waals surface area (Å²) < 4.78 is 10.4. The Labute approximate surface area is 185 Å². The molecule has 0 radical (unpaired) electrons. The summed E-state index contributed by atoms with van der Waals surface area (Å²) in [5.74, 6) is -0.186. The van der Waals surface area contributed by atoms with Crippen LogP contribution in [0.2, 0.25) is 0 Å². The van der Waals surface area contributed by atoms with Gasteiger partial charge in [0.1, 0.15) is 5.60 Å². The lowest BCUT2D eigenvalue weighted by atomic mass is 9.90. The Morgan fingerprint density at radius 3 is 2.45 bits per heavy atom. The highest BCUT2D eigenvalue weighted by Gasteiger charge is 2.38. The average molecular weight is 433 g/mol. The molecule has 0 aromatic heterocycles. The summed E-state index contributed by atoms with van der Waals surface area (Å²) in [6.45, 7) is 9.87. The third kappa shape index (κ3) is 6.45. The first-order valence-corrected chi connectivity index (χ1v) is 11.1. The maximum absolute atomic E-state index is 13.2. The van der Waals surface area contributed by atoms with Gasteiger partial charge in [-0.3, -0.25) is 9.59 Å². The van der Waals surface area contributed by atoms with Gasteiger partial charge in [0, 0.05) is 31.1 Å². The van der Waals surface area contributed by atoms with Gasteiger partial charge in [0.15, 0.2) is 0 Å². The second kappa shape index (κ2) is 10.6. The van der Waals surface area contributed by atoms with Gasteiger partial charge >= 0.3 is 12.1 Å². The third-order valence-electron chi connectivity index (χ3n) is 5.39. The Kier molecular flexibility index (Phi) is 8.48. The van der Waals surface area contributed by atoms with E-state index in [1.165, 1.54) is 7.11 Å². The Bertz CT molecular complexity index is 786. The van der Waals surface area contributed by atoms with Crippen molar-refractivity contribution in [3.63, 3.8) is 0 Å². The molecule has 31 heavy (non-hydrogen) atoms. The van der Waals surface area contributed by atoms with Crippen LogP contribution in [0.1, 0.15) is 78.3 Å². The van der Waals surface area contributed by atoms with Crippen molar-refractivity contribution in [1.29, 1.82) is 0 Å². The number of methoxy groups -OCH3 is 1. The summed E-state index contributed by atoms with van der Waals surface area (Å²) >= 11 is 0. The van der Waals surface area contributed by atoms with E-state index in [9.17, 15) is 14.4 Å². The smallest absolute Gasteiger partial charge is 0.410 e. The average Bonchev–Trinajstić information content (AvgIpc) is 2.71. The minimum atomic E-state index is -0.620. The topological polar surface area (TPSA) is 76.2 Å². The molecule has 0 aliphatic carbocycles. The van der Waals surface area contributed by atoms with Crippen LogP contribution < -0.4 is 4.90 Å². The lowest BCUT2D eigenvalue weighted by Gasteiger charge is -2.43. The maximum atomic E-state index is 13.2. The Morgan fingerprint density at radius 2 is 1.84 bits per heavy atom. The van der Waals surface area contributed by atoms with E-state index in [1.807, 2.05) is 63.8 Å². The van der Waals surface area contributed by atoms with Crippen molar-refractivity contribution in [2.24, 2.45) is 0 Å². The molecule has 0 saturated carbocycles. The minimum Gasteiger partial charge on any atom is -0.469 e. The zero-order valence-electron chi connectivity index (χ0n) is 19.6. The molecule has 1 aliphatic rings. The van der Waals surface area contributed by atoms with Crippen LogP contribution in [0.3, 0.4) is 0 Å². The number of fused-ring (bicyclic) bond motifs is 1. The summed E-state index contributed by atoms with van der Waals surface area (Å²) in [4.78, 5) is 40.8. The van der Waals surface area contributed by atoms with Gasteiger partial charge in [-0.1, -0.05) is 25.1 Å². The lowest BCUT2D eigenvalue weighted by molar-refractivity contribution is -0.140. The van der Waals surface area contributed by atoms with E-state index in [2.05, 4.69) is 0 Å². The number of nitrogens with zero attached hydrogens (tertiary/aromatic N) is 2. The quantitative estimate of drug-likeness (QED) is 0.455. The van der Waals surface area contributed by atoms with E-state index in [-0.39, 0.29) is 30.1 Å². The molecule has 0 fully saturated rings. The number of unbranched alkanes of at least 4 members (excludes halogenated alkanes) is 1. The summed E-state index contributed by atoms with van der Waals surface area (Å²) in [5, 5.41) is 0. The second-order valence-electron chi connectivity index (χ2n) is 8.98. The summed E-state index contributed by atoms with van der Waals surface area (Å²) in [7, 11) is 1.37.